The normalized spacial score (nSPS) is 12.8. The highest BCUT2D eigenvalue weighted by molar-refractivity contribution is 9.10. The molecule has 0 N–H and O–H groups in total. The molecule has 3 aromatic carbocycles. The minimum Gasteiger partial charge on any atom is -0.490 e. The molecule has 0 amide bonds. The van der Waals surface area contributed by atoms with E-state index in [9.17, 15) is 8.42 Å². The molecular weight excluding hydrogens is 520 g/mol. The molecule has 154 valence electrons. The van der Waals surface area contributed by atoms with Crippen molar-refractivity contribution >= 4 is 52.8 Å². The van der Waals surface area contributed by atoms with Crippen molar-refractivity contribution in [1.82, 2.24) is 0 Å². The second-order valence-electron chi connectivity index (χ2n) is 6.73. The van der Waals surface area contributed by atoms with Crippen LogP contribution in [0.4, 0.5) is 0 Å². The van der Waals surface area contributed by atoms with Gasteiger partial charge in [0, 0.05) is 15.2 Å². The van der Waals surface area contributed by atoms with E-state index in [2.05, 4.69) is 56.1 Å². The molecule has 0 aliphatic rings. The van der Waals surface area contributed by atoms with E-state index in [1.165, 1.54) is 0 Å². The van der Waals surface area contributed by atoms with Gasteiger partial charge in [0.25, 0.3) is 10.1 Å². The fourth-order valence-corrected chi connectivity index (χ4v) is 4.42. The predicted molar refractivity (Wildman–Crippen MR) is 125 cm³/mol. The van der Waals surface area contributed by atoms with Crippen LogP contribution in [-0.4, -0.2) is 32.7 Å². The van der Waals surface area contributed by atoms with E-state index in [-0.39, 0.29) is 6.61 Å². The fourth-order valence-electron chi connectivity index (χ4n) is 3.18. The lowest BCUT2D eigenvalue weighted by Crippen LogP contribution is -2.25. The maximum Gasteiger partial charge on any atom is 0.264 e. The molecular formula is C22H22Br2O4S. The molecule has 0 radical (unpaired) electrons. The van der Waals surface area contributed by atoms with E-state index in [1.54, 1.807) is 0 Å². The van der Waals surface area contributed by atoms with Gasteiger partial charge in [-0.1, -0.05) is 74.3 Å². The highest BCUT2D eigenvalue weighted by Crippen LogP contribution is 2.34. The van der Waals surface area contributed by atoms with Gasteiger partial charge in [-0.25, -0.2) is 0 Å². The Morgan fingerprint density at radius 1 is 0.966 bits per heavy atom. The lowest BCUT2D eigenvalue weighted by molar-refractivity contribution is 0.128. The van der Waals surface area contributed by atoms with Crippen LogP contribution in [0.25, 0.3) is 21.9 Å². The maximum absolute atomic E-state index is 11.6. The Morgan fingerprint density at radius 3 is 2.34 bits per heavy atom. The van der Waals surface area contributed by atoms with Crippen molar-refractivity contribution in [3.8, 4) is 16.9 Å². The second-order valence-corrected chi connectivity index (χ2v) is 10.0. The first-order valence-electron chi connectivity index (χ1n) is 9.22. The molecule has 0 aliphatic heterocycles. The molecule has 1 atom stereocenters. The Balaban J connectivity index is 1.88. The van der Waals surface area contributed by atoms with Crippen LogP contribution in [0.1, 0.15) is 12.8 Å². The molecule has 0 heterocycles. The molecule has 4 nitrogen and oxygen atoms in total. The van der Waals surface area contributed by atoms with E-state index in [0.29, 0.717) is 12.2 Å². The summed E-state index contributed by atoms with van der Waals surface area (Å²) in [5, 5.41) is 2.83. The zero-order valence-corrected chi connectivity index (χ0v) is 20.0. The molecule has 3 aromatic rings. The third-order valence-electron chi connectivity index (χ3n) is 4.43. The van der Waals surface area contributed by atoms with Gasteiger partial charge in [-0.05, 0) is 47.6 Å². The predicted octanol–water partition coefficient (Wildman–Crippen LogP) is 6.17. The largest absolute Gasteiger partial charge is 0.490 e. The SMILES string of the molecule is CS(=O)(=O)OC(CCCBr)COc1cccc2c(-c3ccc(Br)cc3)cccc12. The van der Waals surface area contributed by atoms with Crippen LogP contribution in [0, 0.1) is 0 Å². The molecule has 7 heteroatoms. The molecule has 29 heavy (non-hydrogen) atoms. The Labute approximate surface area is 188 Å². The van der Waals surface area contributed by atoms with Crippen LogP contribution in [0.2, 0.25) is 0 Å². The number of hydrogen-bond acceptors (Lipinski definition) is 4. The molecule has 3 rings (SSSR count). The van der Waals surface area contributed by atoms with Crippen LogP contribution in [-0.2, 0) is 14.3 Å². The summed E-state index contributed by atoms with van der Waals surface area (Å²) in [7, 11) is -3.55. The smallest absolute Gasteiger partial charge is 0.264 e. The molecule has 0 aliphatic carbocycles. The quantitative estimate of drug-likeness (QED) is 0.240. The average molecular weight is 542 g/mol. The number of hydrogen-bond donors (Lipinski definition) is 0. The third kappa shape index (κ3) is 6.28. The molecule has 0 saturated heterocycles. The topological polar surface area (TPSA) is 52.6 Å². The summed E-state index contributed by atoms with van der Waals surface area (Å²) in [6.07, 6.45) is 1.93. The van der Waals surface area contributed by atoms with Gasteiger partial charge in [0.15, 0.2) is 0 Å². The molecule has 0 aromatic heterocycles. The maximum atomic E-state index is 11.6. The van der Waals surface area contributed by atoms with Gasteiger partial charge in [-0.2, -0.15) is 8.42 Å². The minimum atomic E-state index is -3.55. The lowest BCUT2D eigenvalue weighted by atomic mass is 9.98. The van der Waals surface area contributed by atoms with Crippen molar-refractivity contribution in [2.24, 2.45) is 0 Å². The van der Waals surface area contributed by atoms with Gasteiger partial charge in [0.05, 0.1) is 6.26 Å². The zero-order valence-electron chi connectivity index (χ0n) is 16.0. The Hall–Kier alpha value is -1.41. The van der Waals surface area contributed by atoms with E-state index in [1.807, 2.05) is 36.4 Å². The van der Waals surface area contributed by atoms with Gasteiger partial charge in [0.1, 0.15) is 18.5 Å². The standard InChI is InChI=1S/C22H22Br2O4S/c1-29(25,26)28-18(5-4-14-23)15-27-22-9-3-7-20-19(6-2-8-21(20)22)16-10-12-17(24)13-11-16/h2-3,6-13,18H,4-5,14-15H2,1H3. The number of rotatable bonds is 9. The fraction of sp³-hybridized carbons (Fsp3) is 0.273. The first kappa shape index (κ1) is 22.3. The summed E-state index contributed by atoms with van der Waals surface area (Å²) in [5.41, 5.74) is 2.23. The first-order valence-corrected chi connectivity index (χ1v) is 12.9. The number of alkyl halides is 1. The van der Waals surface area contributed by atoms with Crippen molar-refractivity contribution in [2.45, 2.75) is 18.9 Å². The van der Waals surface area contributed by atoms with E-state index in [4.69, 9.17) is 8.92 Å². The Kier molecular flexibility index (Phi) is 7.73. The number of ether oxygens (including phenoxy) is 1. The van der Waals surface area contributed by atoms with Crippen molar-refractivity contribution in [3.05, 3.63) is 65.1 Å². The molecule has 0 saturated carbocycles. The molecule has 0 bridgehead atoms. The van der Waals surface area contributed by atoms with E-state index >= 15 is 0 Å². The third-order valence-corrected chi connectivity index (χ3v) is 6.14. The van der Waals surface area contributed by atoms with Gasteiger partial charge >= 0.3 is 0 Å². The highest BCUT2D eigenvalue weighted by atomic mass is 79.9. The number of halogens is 2. The Bertz CT molecular complexity index is 1070. The van der Waals surface area contributed by atoms with Crippen molar-refractivity contribution in [1.29, 1.82) is 0 Å². The molecule has 0 spiro atoms. The summed E-state index contributed by atoms with van der Waals surface area (Å²) in [5.74, 6) is 0.711. The minimum absolute atomic E-state index is 0.168. The summed E-state index contributed by atoms with van der Waals surface area (Å²) >= 11 is 6.85. The zero-order chi connectivity index (χ0) is 20.9. The number of fused-ring (bicyclic) bond motifs is 1. The monoisotopic (exact) mass is 540 g/mol. The summed E-state index contributed by atoms with van der Waals surface area (Å²) in [4.78, 5) is 0. The number of benzene rings is 3. The van der Waals surface area contributed by atoms with Gasteiger partial charge < -0.3 is 4.74 Å². The Morgan fingerprint density at radius 2 is 1.66 bits per heavy atom. The average Bonchev–Trinajstić information content (AvgIpc) is 2.69. The van der Waals surface area contributed by atoms with Gasteiger partial charge in [0.2, 0.25) is 0 Å². The summed E-state index contributed by atoms with van der Waals surface area (Å²) in [6, 6.07) is 20.2. The second kappa shape index (κ2) is 10.1. The first-order chi connectivity index (χ1) is 13.9. The van der Waals surface area contributed by atoms with Crippen LogP contribution in [0.3, 0.4) is 0 Å². The van der Waals surface area contributed by atoms with Crippen LogP contribution in [0.5, 0.6) is 5.75 Å². The van der Waals surface area contributed by atoms with Gasteiger partial charge in [-0.3, -0.25) is 4.18 Å². The van der Waals surface area contributed by atoms with E-state index < -0.39 is 16.2 Å². The van der Waals surface area contributed by atoms with Gasteiger partial charge in [-0.15, -0.1) is 0 Å². The van der Waals surface area contributed by atoms with Crippen LogP contribution < -0.4 is 4.74 Å². The lowest BCUT2D eigenvalue weighted by Gasteiger charge is -2.18. The highest BCUT2D eigenvalue weighted by Gasteiger charge is 2.17. The summed E-state index contributed by atoms with van der Waals surface area (Å²) in [6.45, 7) is 0.168. The van der Waals surface area contributed by atoms with Crippen LogP contribution in [0.15, 0.2) is 65.1 Å². The van der Waals surface area contributed by atoms with E-state index in [0.717, 1.165) is 44.4 Å². The van der Waals surface area contributed by atoms with Crippen molar-refractivity contribution < 1.29 is 17.3 Å². The van der Waals surface area contributed by atoms with Crippen LogP contribution >= 0.6 is 31.9 Å². The molecule has 1 unspecified atom stereocenters. The molecule has 0 fully saturated rings. The summed E-state index contributed by atoms with van der Waals surface area (Å²) < 4.78 is 35.4. The van der Waals surface area contributed by atoms with Crippen molar-refractivity contribution in [2.75, 3.05) is 18.2 Å². The van der Waals surface area contributed by atoms with Crippen molar-refractivity contribution in [3.63, 3.8) is 0 Å².